The van der Waals surface area contributed by atoms with E-state index >= 15 is 0 Å². The lowest BCUT2D eigenvalue weighted by Gasteiger charge is -2.34. The highest BCUT2D eigenvalue weighted by Crippen LogP contribution is 2.57. The fraction of sp³-hybridized carbons (Fsp3) is 0.0156. The van der Waals surface area contributed by atoms with Crippen LogP contribution in [0.4, 0.5) is 0 Å². The molecule has 3 heteroatoms. The molecule has 67 heavy (non-hydrogen) atoms. The Bertz CT molecular complexity index is 3790. The van der Waals surface area contributed by atoms with Crippen molar-refractivity contribution in [3.05, 3.63) is 271 Å². The maximum atomic E-state index is 5.30. The molecule has 12 aromatic rings. The predicted octanol–water partition coefficient (Wildman–Crippen LogP) is 16.0. The van der Waals surface area contributed by atoms with Gasteiger partial charge >= 0.3 is 0 Å². The first kappa shape index (κ1) is 38.6. The van der Waals surface area contributed by atoms with E-state index in [1.165, 1.54) is 60.7 Å². The van der Waals surface area contributed by atoms with E-state index in [-0.39, 0.29) is 0 Å². The molecule has 3 nitrogen and oxygen atoms in total. The van der Waals surface area contributed by atoms with Gasteiger partial charge in [0.15, 0.2) is 17.5 Å². The van der Waals surface area contributed by atoms with E-state index < -0.39 is 5.41 Å². The van der Waals surface area contributed by atoms with E-state index in [9.17, 15) is 0 Å². The first-order chi connectivity index (χ1) is 33.2. The normalized spacial score (nSPS) is 12.6. The number of benzene rings is 11. The number of rotatable bonds is 7. The molecular formula is C64H41N3. The molecule has 1 aromatic heterocycles. The molecule has 1 aliphatic rings. The third kappa shape index (κ3) is 6.24. The van der Waals surface area contributed by atoms with Gasteiger partial charge in [-0.3, -0.25) is 0 Å². The molecule has 0 spiro atoms. The van der Waals surface area contributed by atoms with Crippen LogP contribution in [0.15, 0.2) is 249 Å². The highest BCUT2D eigenvalue weighted by Gasteiger charge is 2.46. The minimum atomic E-state index is -0.481. The zero-order valence-corrected chi connectivity index (χ0v) is 36.5. The van der Waals surface area contributed by atoms with Crippen LogP contribution in [0.3, 0.4) is 0 Å². The van der Waals surface area contributed by atoms with Crippen molar-refractivity contribution < 1.29 is 0 Å². The molecule has 1 heterocycles. The number of fused-ring (bicyclic) bond motifs is 9. The SMILES string of the molecule is c1ccc(-c2ccc(-c3nc(-c4ccccc4)nc(-c4cccc5c6ccccc6c6cc(-c7ccc8c(c7)C(c7ccccc7)(c7ccccc7)c7ccccc7-8)ccc6c45)n3)cc2)cc1. The minimum Gasteiger partial charge on any atom is -0.208 e. The van der Waals surface area contributed by atoms with Crippen LogP contribution in [-0.2, 0) is 5.41 Å². The van der Waals surface area contributed by atoms with Gasteiger partial charge in [-0.2, -0.15) is 0 Å². The third-order valence-electron chi connectivity index (χ3n) is 13.8. The molecule has 1 aliphatic carbocycles. The maximum absolute atomic E-state index is 5.30. The number of nitrogens with zero attached hydrogens (tertiary/aromatic N) is 3. The summed E-state index contributed by atoms with van der Waals surface area (Å²) in [5.74, 6) is 1.91. The van der Waals surface area contributed by atoms with Gasteiger partial charge in [0.2, 0.25) is 0 Å². The predicted molar refractivity (Wildman–Crippen MR) is 277 cm³/mol. The Labute approximate surface area is 389 Å². The van der Waals surface area contributed by atoms with Crippen molar-refractivity contribution in [3.63, 3.8) is 0 Å². The fourth-order valence-electron chi connectivity index (χ4n) is 10.8. The highest BCUT2D eigenvalue weighted by molar-refractivity contribution is 6.28. The van der Waals surface area contributed by atoms with Crippen molar-refractivity contribution in [2.45, 2.75) is 5.41 Å². The van der Waals surface area contributed by atoms with Crippen molar-refractivity contribution in [2.75, 3.05) is 0 Å². The van der Waals surface area contributed by atoms with Gasteiger partial charge < -0.3 is 0 Å². The molecular weight excluding hydrogens is 811 g/mol. The van der Waals surface area contributed by atoms with Crippen LogP contribution in [0.1, 0.15) is 22.3 Å². The van der Waals surface area contributed by atoms with Crippen LogP contribution < -0.4 is 0 Å². The van der Waals surface area contributed by atoms with Gasteiger partial charge in [0.1, 0.15) is 0 Å². The smallest absolute Gasteiger partial charge is 0.164 e. The van der Waals surface area contributed by atoms with Crippen LogP contribution in [0.25, 0.3) is 99.9 Å². The first-order valence-electron chi connectivity index (χ1n) is 22.9. The summed E-state index contributed by atoms with van der Waals surface area (Å²) >= 11 is 0. The van der Waals surface area contributed by atoms with Crippen molar-refractivity contribution in [2.24, 2.45) is 0 Å². The van der Waals surface area contributed by atoms with Gasteiger partial charge in [-0.25, -0.2) is 15.0 Å². The van der Waals surface area contributed by atoms with E-state index in [0.717, 1.165) is 44.0 Å². The number of aromatic nitrogens is 3. The topological polar surface area (TPSA) is 38.7 Å². The molecule has 0 saturated carbocycles. The molecule has 0 unspecified atom stereocenters. The first-order valence-corrected chi connectivity index (χ1v) is 22.9. The van der Waals surface area contributed by atoms with E-state index in [4.69, 9.17) is 15.0 Å². The van der Waals surface area contributed by atoms with Gasteiger partial charge in [-0.05, 0) is 94.7 Å². The van der Waals surface area contributed by atoms with Crippen LogP contribution in [-0.4, -0.2) is 15.0 Å². The molecule has 0 radical (unpaired) electrons. The van der Waals surface area contributed by atoms with Crippen LogP contribution in [0, 0.1) is 0 Å². The molecule has 0 amide bonds. The summed E-state index contributed by atoms with van der Waals surface area (Å²) in [4.78, 5) is 15.7. The molecule has 0 aliphatic heterocycles. The Balaban J connectivity index is 1.01. The molecule has 13 rings (SSSR count). The quantitative estimate of drug-likeness (QED) is 0.150. The Morgan fingerprint density at radius 2 is 0.672 bits per heavy atom. The fourth-order valence-corrected chi connectivity index (χ4v) is 10.8. The highest BCUT2D eigenvalue weighted by atomic mass is 15.0. The standard InChI is InChI=1S/C64H41N3/c1-5-18-42(19-6-1)43-32-34-45(35-33-43)62-65-61(44-20-7-2-8-21-44)66-63(67-62)56-30-17-29-54-50-26-13-14-27-51(50)57-40-46(37-39-55(57)60(54)56)47-36-38-53-52-28-15-16-31-58(52)64(59(53)41-47,48-22-9-3-10-23-48)49-24-11-4-12-25-49/h1-41H. The molecule has 11 aromatic carbocycles. The lowest BCUT2D eigenvalue weighted by molar-refractivity contribution is 0.769. The van der Waals surface area contributed by atoms with Crippen LogP contribution in [0.2, 0.25) is 0 Å². The summed E-state index contributed by atoms with van der Waals surface area (Å²) in [6.07, 6.45) is 0. The van der Waals surface area contributed by atoms with Crippen molar-refractivity contribution >= 4 is 32.3 Å². The number of hydrogen-bond donors (Lipinski definition) is 0. The van der Waals surface area contributed by atoms with E-state index in [0.29, 0.717) is 17.5 Å². The summed E-state index contributed by atoms with van der Waals surface area (Å²) in [7, 11) is 0. The van der Waals surface area contributed by atoms with Crippen LogP contribution >= 0.6 is 0 Å². The summed E-state index contributed by atoms with van der Waals surface area (Å²) in [5, 5.41) is 7.02. The maximum Gasteiger partial charge on any atom is 0.164 e. The Hall–Kier alpha value is -8.79. The minimum absolute atomic E-state index is 0.481. The van der Waals surface area contributed by atoms with Gasteiger partial charge in [0.05, 0.1) is 5.41 Å². The third-order valence-corrected chi connectivity index (χ3v) is 13.8. The second kappa shape index (κ2) is 15.7. The van der Waals surface area contributed by atoms with Gasteiger partial charge in [0.25, 0.3) is 0 Å². The van der Waals surface area contributed by atoms with Crippen molar-refractivity contribution in [1.82, 2.24) is 15.0 Å². The summed E-state index contributed by atoms with van der Waals surface area (Å²) in [6, 6.07) is 89.7. The zero-order valence-electron chi connectivity index (χ0n) is 36.5. The lowest BCUT2D eigenvalue weighted by atomic mass is 9.67. The second-order valence-electron chi connectivity index (χ2n) is 17.4. The van der Waals surface area contributed by atoms with E-state index in [1.54, 1.807) is 0 Å². The Morgan fingerprint density at radius 1 is 0.239 bits per heavy atom. The largest absolute Gasteiger partial charge is 0.208 e. The molecule has 0 N–H and O–H groups in total. The lowest BCUT2D eigenvalue weighted by Crippen LogP contribution is -2.28. The average Bonchev–Trinajstić information content (AvgIpc) is 3.72. The molecule has 0 fully saturated rings. The monoisotopic (exact) mass is 851 g/mol. The average molecular weight is 852 g/mol. The summed E-state index contributed by atoms with van der Waals surface area (Å²) in [6.45, 7) is 0. The van der Waals surface area contributed by atoms with Crippen molar-refractivity contribution in [1.29, 1.82) is 0 Å². The summed E-state index contributed by atoms with van der Waals surface area (Å²) < 4.78 is 0. The molecule has 312 valence electrons. The Kier molecular flexibility index (Phi) is 9.07. The van der Waals surface area contributed by atoms with Gasteiger partial charge in [-0.15, -0.1) is 0 Å². The van der Waals surface area contributed by atoms with Gasteiger partial charge in [0, 0.05) is 22.1 Å². The van der Waals surface area contributed by atoms with Gasteiger partial charge in [-0.1, -0.05) is 237 Å². The number of hydrogen-bond acceptors (Lipinski definition) is 3. The summed E-state index contributed by atoms with van der Waals surface area (Å²) in [5.41, 5.74) is 14.7. The molecule has 0 saturated heterocycles. The van der Waals surface area contributed by atoms with Crippen LogP contribution in [0.5, 0.6) is 0 Å². The molecule has 0 bridgehead atoms. The second-order valence-corrected chi connectivity index (χ2v) is 17.4. The van der Waals surface area contributed by atoms with E-state index in [2.05, 4.69) is 224 Å². The molecule has 0 atom stereocenters. The zero-order chi connectivity index (χ0) is 44.3. The van der Waals surface area contributed by atoms with Crippen molar-refractivity contribution in [3.8, 4) is 67.5 Å². The Morgan fingerprint density at radius 3 is 1.36 bits per heavy atom. The van der Waals surface area contributed by atoms with E-state index in [1.807, 2.05) is 24.3 Å².